The van der Waals surface area contributed by atoms with Crippen LogP contribution in [0.3, 0.4) is 0 Å². The third-order valence-corrected chi connectivity index (χ3v) is 4.75. The molecule has 0 bridgehead atoms. The Morgan fingerprint density at radius 3 is 2.73 bits per heavy atom. The largest absolute Gasteiger partial charge is 0.272 e. The van der Waals surface area contributed by atoms with Crippen LogP contribution in [0.25, 0.3) is 11.0 Å². The summed E-state index contributed by atoms with van der Waals surface area (Å²) in [5.41, 5.74) is 7.27. The zero-order chi connectivity index (χ0) is 18.4. The average molecular weight is 351 g/mol. The molecule has 0 unspecified atom stereocenters. The molecule has 1 N–H and O–H groups in total. The van der Waals surface area contributed by atoms with E-state index in [1.807, 2.05) is 40.1 Å². The smallest absolute Gasteiger partial charge is 0.267 e. The van der Waals surface area contributed by atoms with Crippen LogP contribution in [0.1, 0.15) is 53.1 Å². The molecule has 26 heavy (non-hydrogen) atoms. The SMILES string of the molecule is C/C(=N/NC(=O)c1cc(C2CC2)nc2c1c(C)nn2C)c1ccnn1C. The van der Waals surface area contributed by atoms with E-state index < -0.39 is 0 Å². The molecular weight excluding hydrogens is 330 g/mol. The van der Waals surface area contributed by atoms with Crippen LogP contribution in [0.2, 0.25) is 0 Å². The third-order valence-electron chi connectivity index (χ3n) is 4.75. The molecule has 0 atom stereocenters. The van der Waals surface area contributed by atoms with E-state index in [4.69, 9.17) is 4.98 Å². The Hall–Kier alpha value is -3.03. The van der Waals surface area contributed by atoms with Gasteiger partial charge in [0, 0.05) is 31.9 Å². The molecule has 1 aliphatic rings. The summed E-state index contributed by atoms with van der Waals surface area (Å²) in [6.45, 7) is 3.73. The van der Waals surface area contributed by atoms with Gasteiger partial charge in [0.2, 0.25) is 0 Å². The van der Waals surface area contributed by atoms with Gasteiger partial charge in [0.25, 0.3) is 5.91 Å². The second-order valence-electron chi connectivity index (χ2n) is 6.75. The molecule has 4 rings (SSSR count). The Kier molecular flexibility index (Phi) is 3.82. The van der Waals surface area contributed by atoms with Gasteiger partial charge in [0.1, 0.15) is 0 Å². The lowest BCUT2D eigenvalue weighted by atomic mass is 10.1. The van der Waals surface area contributed by atoms with Crippen LogP contribution >= 0.6 is 0 Å². The molecule has 8 heteroatoms. The number of hydrogen-bond donors (Lipinski definition) is 1. The maximum absolute atomic E-state index is 12.9. The number of pyridine rings is 1. The number of rotatable bonds is 4. The van der Waals surface area contributed by atoms with Crippen molar-refractivity contribution in [1.82, 2.24) is 30.0 Å². The van der Waals surface area contributed by atoms with Gasteiger partial charge >= 0.3 is 0 Å². The van der Waals surface area contributed by atoms with E-state index in [1.165, 1.54) is 0 Å². The van der Waals surface area contributed by atoms with Crippen molar-refractivity contribution in [3.8, 4) is 0 Å². The van der Waals surface area contributed by atoms with Gasteiger partial charge < -0.3 is 0 Å². The number of aromatic nitrogens is 5. The standard InChI is InChI=1S/C18H21N7O/c1-10(15-7-8-19-24(15)3)21-22-18(26)13-9-14(12-5-6-12)20-17-16(13)11(2)23-25(17)4/h7-9,12H,5-6H2,1-4H3,(H,22,26)/b21-10-. The molecule has 8 nitrogen and oxygen atoms in total. The molecule has 0 spiro atoms. The number of hydrazone groups is 1. The van der Waals surface area contributed by atoms with E-state index >= 15 is 0 Å². The highest BCUT2D eigenvalue weighted by Crippen LogP contribution is 2.40. The monoisotopic (exact) mass is 351 g/mol. The van der Waals surface area contributed by atoms with E-state index in [0.29, 0.717) is 17.2 Å². The topological polar surface area (TPSA) is 90.0 Å². The van der Waals surface area contributed by atoms with Gasteiger partial charge in [-0.1, -0.05) is 0 Å². The number of carbonyl (C=O) groups is 1. The van der Waals surface area contributed by atoms with Crippen LogP contribution in [0.15, 0.2) is 23.4 Å². The van der Waals surface area contributed by atoms with E-state index in [-0.39, 0.29) is 5.91 Å². The normalized spacial score (nSPS) is 14.8. The van der Waals surface area contributed by atoms with Crippen molar-refractivity contribution in [3.63, 3.8) is 0 Å². The van der Waals surface area contributed by atoms with Gasteiger partial charge in [-0.05, 0) is 38.8 Å². The fourth-order valence-corrected chi connectivity index (χ4v) is 3.21. The Bertz CT molecular complexity index is 1040. The van der Waals surface area contributed by atoms with Crippen molar-refractivity contribution >= 4 is 22.7 Å². The van der Waals surface area contributed by atoms with Gasteiger partial charge in [-0.2, -0.15) is 15.3 Å². The molecule has 0 saturated heterocycles. The van der Waals surface area contributed by atoms with Crippen LogP contribution in [0.5, 0.6) is 0 Å². The Balaban J connectivity index is 1.71. The molecular formula is C18H21N7O. The van der Waals surface area contributed by atoms with Crippen LogP contribution in [0.4, 0.5) is 0 Å². The van der Waals surface area contributed by atoms with Gasteiger partial charge in [-0.3, -0.25) is 14.2 Å². The molecule has 134 valence electrons. The zero-order valence-electron chi connectivity index (χ0n) is 15.3. The van der Waals surface area contributed by atoms with Crippen LogP contribution in [-0.4, -0.2) is 36.2 Å². The van der Waals surface area contributed by atoms with E-state index in [9.17, 15) is 4.79 Å². The fourth-order valence-electron chi connectivity index (χ4n) is 3.21. The predicted octanol–water partition coefficient (Wildman–Crippen LogP) is 2.04. The summed E-state index contributed by atoms with van der Waals surface area (Å²) < 4.78 is 3.45. The van der Waals surface area contributed by atoms with Gasteiger partial charge in [0.15, 0.2) is 5.65 Å². The van der Waals surface area contributed by atoms with Crippen molar-refractivity contribution in [3.05, 3.63) is 41.0 Å². The number of hydrogen-bond acceptors (Lipinski definition) is 5. The molecule has 1 saturated carbocycles. The second-order valence-corrected chi connectivity index (χ2v) is 6.75. The lowest BCUT2D eigenvalue weighted by Crippen LogP contribution is -2.21. The molecule has 3 aromatic rings. The maximum Gasteiger partial charge on any atom is 0.272 e. The number of amides is 1. The van der Waals surface area contributed by atoms with Crippen molar-refractivity contribution in [1.29, 1.82) is 0 Å². The van der Waals surface area contributed by atoms with Gasteiger partial charge in [0.05, 0.1) is 28.0 Å². The Labute approximate surface area is 150 Å². The highest BCUT2D eigenvalue weighted by Gasteiger charge is 2.28. The second kappa shape index (κ2) is 6.05. The molecule has 1 amide bonds. The summed E-state index contributed by atoms with van der Waals surface area (Å²) in [7, 11) is 3.69. The maximum atomic E-state index is 12.9. The fraction of sp³-hybridized carbons (Fsp3) is 0.389. The summed E-state index contributed by atoms with van der Waals surface area (Å²) >= 11 is 0. The minimum atomic E-state index is -0.253. The zero-order valence-corrected chi connectivity index (χ0v) is 15.3. The van der Waals surface area contributed by atoms with Crippen molar-refractivity contribution < 1.29 is 4.79 Å². The lowest BCUT2D eigenvalue weighted by Gasteiger charge is -2.07. The number of nitrogens with one attached hydrogen (secondary N) is 1. The van der Waals surface area contributed by atoms with Crippen LogP contribution in [-0.2, 0) is 14.1 Å². The van der Waals surface area contributed by atoms with E-state index in [1.54, 1.807) is 15.6 Å². The molecule has 1 aliphatic carbocycles. The van der Waals surface area contributed by atoms with Crippen molar-refractivity contribution in [2.24, 2.45) is 19.2 Å². The van der Waals surface area contributed by atoms with Gasteiger partial charge in [-0.25, -0.2) is 10.4 Å². The molecule has 1 fully saturated rings. The molecule has 3 heterocycles. The van der Waals surface area contributed by atoms with Gasteiger partial charge in [-0.15, -0.1) is 0 Å². The minimum Gasteiger partial charge on any atom is -0.267 e. The quantitative estimate of drug-likeness (QED) is 0.575. The average Bonchev–Trinajstić information content (AvgIpc) is 3.32. The Morgan fingerprint density at radius 2 is 2.08 bits per heavy atom. The van der Waals surface area contributed by atoms with Crippen molar-refractivity contribution in [2.45, 2.75) is 32.6 Å². The molecule has 0 aromatic carbocycles. The summed E-state index contributed by atoms with van der Waals surface area (Å²) in [4.78, 5) is 17.6. The summed E-state index contributed by atoms with van der Waals surface area (Å²) in [6, 6.07) is 3.74. The van der Waals surface area contributed by atoms with E-state index in [2.05, 4.69) is 20.7 Å². The minimum absolute atomic E-state index is 0.253. The third kappa shape index (κ3) is 2.77. The molecule has 3 aromatic heterocycles. The first kappa shape index (κ1) is 16.4. The summed E-state index contributed by atoms with van der Waals surface area (Å²) in [5.74, 6) is 0.192. The predicted molar refractivity (Wildman–Crippen MR) is 98.1 cm³/mol. The Morgan fingerprint density at radius 1 is 1.31 bits per heavy atom. The molecule has 0 radical (unpaired) electrons. The first-order valence-electron chi connectivity index (χ1n) is 8.63. The van der Waals surface area contributed by atoms with Crippen molar-refractivity contribution in [2.75, 3.05) is 0 Å². The van der Waals surface area contributed by atoms with Crippen LogP contribution < -0.4 is 5.43 Å². The highest BCUT2D eigenvalue weighted by atomic mass is 16.2. The summed E-state index contributed by atoms with van der Waals surface area (Å²) in [6.07, 6.45) is 3.94. The molecule has 0 aliphatic heterocycles. The summed E-state index contributed by atoms with van der Waals surface area (Å²) in [5, 5.41) is 13.6. The first-order chi connectivity index (χ1) is 12.5. The van der Waals surface area contributed by atoms with Crippen LogP contribution in [0, 0.1) is 6.92 Å². The lowest BCUT2D eigenvalue weighted by molar-refractivity contribution is 0.0956. The number of nitrogens with zero attached hydrogens (tertiary/aromatic N) is 6. The number of fused-ring (bicyclic) bond motifs is 1. The first-order valence-corrected chi connectivity index (χ1v) is 8.63. The number of aryl methyl sites for hydroxylation is 3. The highest BCUT2D eigenvalue weighted by molar-refractivity contribution is 6.07. The van der Waals surface area contributed by atoms with E-state index in [0.717, 1.165) is 41.0 Å². The number of carbonyl (C=O) groups excluding carboxylic acids is 1.